The van der Waals surface area contributed by atoms with Crippen LogP contribution in [0.4, 0.5) is 5.69 Å². The lowest BCUT2D eigenvalue weighted by molar-refractivity contribution is 0.102. The first-order valence-corrected chi connectivity index (χ1v) is 8.31. The third kappa shape index (κ3) is 3.25. The Hall–Kier alpha value is -3.31. The van der Waals surface area contributed by atoms with Crippen LogP contribution in [0.3, 0.4) is 0 Å². The summed E-state index contributed by atoms with van der Waals surface area (Å²) in [6.07, 6.45) is 4.99. The van der Waals surface area contributed by atoms with Crippen LogP contribution >= 0.6 is 11.6 Å². The Kier molecular flexibility index (Phi) is 4.29. The number of halogens is 1. The van der Waals surface area contributed by atoms with E-state index >= 15 is 0 Å². The molecule has 0 saturated heterocycles. The second kappa shape index (κ2) is 6.90. The van der Waals surface area contributed by atoms with Crippen molar-refractivity contribution in [3.63, 3.8) is 0 Å². The van der Waals surface area contributed by atoms with Crippen LogP contribution in [0.5, 0.6) is 0 Å². The molecule has 3 heterocycles. The van der Waals surface area contributed by atoms with Crippen LogP contribution in [0.1, 0.15) is 10.5 Å². The van der Waals surface area contributed by atoms with E-state index in [9.17, 15) is 4.79 Å². The molecule has 3 aromatic heterocycles. The standard InChI is InChI=1S/C20H13ClN4O/c21-16-4-2-10-23-19(16)14-5-7-18(24-12-14)20(26)25-15-6-8-17-13(11-15)3-1-9-22-17/h1-12H,(H,25,26). The number of rotatable bonds is 3. The minimum Gasteiger partial charge on any atom is -0.321 e. The summed E-state index contributed by atoms with van der Waals surface area (Å²) in [6, 6.07) is 16.3. The van der Waals surface area contributed by atoms with Crippen molar-refractivity contribution < 1.29 is 4.79 Å². The molecule has 0 aliphatic carbocycles. The number of carbonyl (C=O) groups is 1. The number of hydrogen-bond donors (Lipinski definition) is 1. The average molecular weight is 361 g/mol. The first kappa shape index (κ1) is 16.2. The number of benzene rings is 1. The molecule has 0 fully saturated rings. The van der Waals surface area contributed by atoms with Crippen molar-refractivity contribution in [1.82, 2.24) is 15.0 Å². The molecule has 5 nitrogen and oxygen atoms in total. The Morgan fingerprint density at radius 1 is 0.923 bits per heavy atom. The molecule has 1 amide bonds. The molecule has 0 saturated carbocycles. The maximum absolute atomic E-state index is 12.4. The van der Waals surface area contributed by atoms with E-state index < -0.39 is 0 Å². The van der Waals surface area contributed by atoms with Gasteiger partial charge in [-0.2, -0.15) is 0 Å². The molecule has 0 unspecified atom stereocenters. The van der Waals surface area contributed by atoms with E-state index in [1.54, 1.807) is 42.9 Å². The van der Waals surface area contributed by atoms with Gasteiger partial charge in [0.2, 0.25) is 0 Å². The largest absolute Gasteiger partial charge is 0.321 e. The van der Waals surface area contributed by atoms with Gasteiger partial charge in [-0.05, 0) is 48.5 Å². The van der Waals surface area contributed by atoms with Gasteiger partial charge < -0.3 is 5.32 Å². The number of pyridine rings is 3. The Morgan fingerprint density at radius 2 is 1.77 bits per heavy atom. The molecule has 26 heavy (non-hydrogen) atoms. The smallest absolute Gasteiger partial charge is 0.274 e. The van der Waals surface area contributed by atoms with Crippen molar-refractivity contribution in [2.45, 2.75) is 0 Å². The molecule has 0 radical (unpaired) electrons. The zero-order valence-electron chi connectivity index (χ0n) is 13.6. The lowest BCUT2D eigenvalue weighted by Crippen LogP contribution is -2.13. The zero-order chi connectivity index (χ0) is 17.9. The number of nitrogens with one attached hydrogen (secondary N) is 1. The van der Waals surface area contributed by atoms with Crippen molar-refractivity contribution in [1.29, 1.82) is 0 Å². The fraction of sp³-hybridized carbons (Fsp3) is 0. The molecule has 0 spiro atoms. The third-order valence-corrected chi connectivity index (χ3v) is 4.19. The maximum atomic E-state index is 12.4. The van der Waals surface area contributed by atoms with E-state index in [2.05, 4.69) is 20.3 Å². The summed E-state index contributed by atoms with van der Waals surface area (Å²) in [6.45, 7) is 0. The summed E-state index contributed by atoms with van der Waals surface area (Å²) in [5.74, 6) is -0.285. The second-order valence-corrected chi connectivity index (χ2v) is 6.04. The molecule has 1 N–H and O–H groups in total. The number of carbonyl (C=O) groups excluding carboxylic acids is 1. The highest BCUT2D eigenvalue weighted by Crippen LogP contribution is 2.24. The van der Waals surface area contributed by atoms with E-state index in [1.807, 2.05) is 30.3 Å². The van der Waals surface area contributed by atoms with E-state index in [-0.39, 0.29) is 5.91 Å². The predicted molar refractivity (Wildman–Crippen MR) is 102 cm³/mol. The lowest BCUT2D eigenvalue weighted by Gasteiger charge is -2.07. The van der Waals surface area contributed by atoms with E-state index in [0.717, 1.165) is 16.5 Å². The summed E-state index contributed by atoms with van der Waals surface area (Å²) in [5.41, 5.74) is 3.26. The van der Waals surface area contributed by atoms with Gasteiger partial charge in [-0.15, -0.1) is 0 Å². The fourth-order valence-electron chi connectivity index (χ4n) is 2.61. The number of fused-ring (bicyclic) bond motifs is 1. The third-order valence-electron chi connectivity index (χ3n) is 3.89. The van der Waals surface area contributed by atoms with Crippen LogP contribution in [-0.2, 0) is 0 Å². The quantitative estimate of drug-likeness (QED) is 0.580. The predicted octanol–water partition coefficient (Wildman–Crippen LogP) is 4.60. The number of hydrogen-bond acceptors (Lipinski definition) is 4. The molecule has 0 aliphatic heterocycles. The molecular weight excluding hydrogens is 348 g/mol. The van der Waals surface area contributed by atoms with Gasteiger partial charge in [-0.25, -0.2) is 0 Å². The lowest BCUT2D eigenvalue weighted by atomic mass is 10.1. The maximum Gasteiger partial charge on any atom is 0.274 e. The van der Waals surface area contributed by atoms with Crippen LogP contribution in [-0.4, -0.2) is 20.9 Å². The van der Waals surface area contributed by atoms with E-state index in [1.165, 1.54) is 0 Å². The number of aromatic nitrogens is 3. The zero-order valence-corrected chi connectivity index (χ0v) is 14.3. The molecule has 4 aromatic rings. The second-order valence-electron chi connectivity index (χ2n) is 5.63. The van der Waals surface area contributed by atoms with Gasteiger partial charge >= 0.3 is 0 Å². The Morgan fingerprint density at radius 3 is 2.58 bits per heavy atom. The Bertz CT molecular complexity index is 1100. The molecular formula is C20H13ClN4O. The summed E-state index contributed by atoms with van der Waals surface area (Å²) in [4.78, 5) is 25.2. The van der Waals surface area contributed by atoms with Gasteiger partial charge in [0.1, 0.15) is 5.69 Å². The normalized spacial score (nSPS) is 10.7. The molecule has 1 aromatic carbocycles. The van der Waals surface area contributed by atoms with Crippen LogP contribution in [0.2, 0.25) is 5.02 Å². The fourth-order valence-corrected chi connectivity index (χ4v) is 2.85. The molecule has 0 bridgehead atoms. The SMILES string of the molecule is O=C(Nc1ccc2ncccc2c1)c1ccc(-c2ncccc2Cl)cn1. The monoisotopic (exact) mass is 360 g/mol. The van der Waals surface area contributed by atoms with Crippen molar-refractivity contribution >= 4 is 34.1 Å². The number of nitrogens with zero attached hydrogens (tertiary/aromatic N) is 3. The van der Waals surface area contributed by atoms with Crippen molar-refractivity contribution in [3.8, 4) is 11.3 Å². The molecule has 126 valence electrons. The van der Waals surface area contributed by atoms with E-state index in [4.69, 9.17) is 11.6 Å². The van der Waals surface area contributed by atoms with Crippen LogP contribution < -0.4 is 5.32 Å². The Labute approximate surface area is 154 Å². The highest BCUT2D eigenvalue weighted by molar-refractivity contribution is 6.33. The van der Waals surface area contributed by atoms with Gasteiger partial charge in [-0.1, -0.05) is 17.7 Å². The summed E-state index contributed by atoms with van der Waals surface area (Å²) < 4.78 is 0. The summed E-state index contributed by atoms with van der Waals surface area (Å²) in [7, 11) is 0. The summed E-state index contributed by atoms with van der Waals surface area (Å²) >= 11 is 6.14. The number of amides is 1. The van der Waals surface area contributed by atoms with Gasteiger partial charge in [-0.3, -0.25) is 19.7 Å². The van der Waals surface area contributed by atoms with Gasteiger partial charge in [0.05, 0.1) is 16.2 Å². The van der Waals surface area contributed by atoms with Gasteiger partial charge in [0, 0.05) is 35.2 Å². The van der Waals surface area contributed by atoms with Crippen molar-refractivity contribution in [2.24, 2.45) is 0 Å². The highest BCUT2D eigenvalue weighted by atomic mass is 35.5. The van der Waals surface area contributed by atoms with Crippen LogP contribution in [0.25, 0.3) is 22.2 Å². The Balaban J connectivity index is 1.55. The van der Waals surface area contributed by atoms with Crippen molar-refractivity contribution in [2.75, 3.05) is 5.32 Å². The highest BCUT2D eigenvalue weighted by Gasteiger charge is 2.10. The molecule has 0 aliphatic rings. The first-order chi connectivity index (χ1) is 12.7. The number of anilines is 1. The van der Waals surface area contributed by atoms with Gasteiger partial charge in [0.15, 0.2) is 0 Å². The minimum absolute atomic E-state index is 0.285. The average Bonchev–Trinajstić information content (AvgIpc) is 2.68. The van der Waals surface area contributed by atoms with Crippen LogP contribution in [0.15, 0.2) is 73.2 Å². The van der Waals surface area contributed by atoms with Crippen LogP contribution in [0, 0.1) is 0 Å². The first-order valence-electron chi connectivity index (χ1n) is 7.94. The molecule has 4 rings (SSSR count). The molecule has 6 heteroatoms. The van der Waals surface area contributed by atoms with Gasteiger partial charge in [0.25, 0.3) is 5.91 Å². The van der Waals surface area contributed by atoms with E-state index in [0.29, 0.717) is 22.1 Å². The van der Waals surface area contributed by atoms with Crippen molar-refractivity contribution in [3.05, 3.63) is 83.9 Å². The summed E-state index contributed by atoms with van der Waals surface area (Å²) in [5, 5.41) is 4.35. The minimum atomic E-state index is -0.285. The topological polar surface area (TPSA) is 67.8 Å². The molecule has 0 atom stereocenters.